The maximum atomic E-state index is 12.8. The molecule has 1 aromatic carbocycles. The number of hydrogen-bond acceptors (Lipinski definition) is 6. The Bertz CT molecular complexity index is 984. The Kier molecular flexibility index (Phi) is 7.19. The first-order valence-corrected chi connectivity index (χ1v) is 11.7. The van der Waals surface area contributed by atoms with E-state index >= 15 is 0 Å². The van der Waals surface area contributed by atoms with Gasteiger partial charge in [0.1, 0.15) is 5.82 Å². The zero-order chi connectivity index (χ0) is 22.5. The molecule has 1 aliphatic heterocycles. The summed E-state index contributed by atoms with van der Waals surface area (Å²) in [7, 11) is 1.62. The Balaban J connectivity index is 1.62. The number of amides is 1. The predicted molar refractivity (Wildman–Crippen MR) is 127 cm³/mol. The Labute approximate surface area is 189 Å². The van der Waals surface area contributed by atoms with Gasteiger partial charge in [-0.25, -0.2) is 9.97 Å². The number of nitrogens with one attached hydrogen (secondary N) is 3. The third-order valence-electron chi connectivity index (χ3n) is 6.30. The van der Waals surface area contributed by atoms with Crippen LogP contribution in [0.15, 0.2) is 23.2 Å². The van der Waals surface area contributed by atoms with E-state index in [9.17, 15) is 4.79 Å². The number of aryl methyl sites for hydroxylation is 1. The minimum Gasteiger partial charge on any atom is -0.380 e. The standard InChI is InChI=1S/C24H34N6O2/c1-15-10-11-18-17(13-15)22(30-23(28-18)24(31)26-14-16(2)32-3)29-20-8-5-4-7-19(20)27-21-9-6-12-25-21/h10-11,13,16,19-20H,4-9,12,14H2,1-3H3,(H,25,27)(H,26,31)(H,28,29,30)/t16?,19-,20+/m1/s1. The molecule has 4 rings (SSSR count). The maximum absolute atomic E-state index is 12.8. The van der Waals surface area contributed by atoms with Crippen LogP contribution in [0.3, 0.4) is 0 Å². The van der Waals surface area contributed by atoms with Gasteiger partial charge in [0.05, 0.1) is 23.5 Å². The van der Waals surface area contributed by atoms with E-state index < -0.39 is 0 Å². The molecule has 8 heteroatoms. The van der Waals surface area contributed by atoms with Crippen LogP contribution in [-0.4, -0.2) is 60.1 Å². The highest BCUT2D eigenvalue weighted by Gasteiger charge is 2.27. The maximum Gasteiger partial charge on any atom is 0.289 e. The first-order valence-electron chi connectivity index (χ1n) is 11.7. The Morgan fingerprint density at radius 3 is 2.91 bits per heavy atom. The highest BCUT2D eigenvalue weighted by molar-refractivity contribution is 5.96. The second-order valence-electron chi connectivity index (χ2n) is 8.88. The summed E-state index contributed by atoms with van der Waals surface area (Å²) < 4.78 is 5.22. The number of methoxy groups -OCH3 is 1. The number of carbonyl (C=O) groups is 1. The lowest BCUT2D eigenvalue weighted by Gasteiger charge is -2.30. The molecule has 1 saturated carbocycles. The number of hydrogen-bond donors (Lipinski definition) is 3. The molecule has 0 spiro atoms. The number of aliphatic imine (C=N–C) groups is 1. The molecule has 3 N–H and O–H groups in total. The van der Waals surface area contributed by atoms with Crippen molar-refractivity contribution >= 4 is 28.5 Å². The third kappa shape index (κ3) is 5.35. The number of amidine groups is 1. The van der Waals surface area contributed by atoms with Gasteiger partial charge in [-0.05, 0) is 45.2 Å². The second-order valence-corrected chi connectivity index (χ2v) is 8.88. The SMILES string of the molecule is COC(C)CNC(=O)c1nc(N[C@H]2CCCC[C@H]2N=C2CCCN2)c2cc(C)ccc2n1. The molecule has 1 unspecified atom stereocenters. The number of aromatic nitrogens is 2. The molecule has 2 heterocycles. The molecule has 32 heavy (non-hydrogen) atoms. The van der Waals surface area contributed by atoms with Crippen molar-refractivity contribution in [3.8, 4) is 0 Å². The summed E-state index contributed by atoms with van der Waals surface area (Å²) in [4.78, 5) is 27.0. The number of benzene rings is 1. The number of nitrogens with zero attached hydrogens (tertiary/aromatic N) is 3. The molecule has 1 saturated heterocycles. The van der Waals surface area contributed by atoms with E-state index in [4.69, 9.17) is 9.73 Å². The monoisotopic (exact) mass is 438 g/mol. The quantitative estimate of drug-likeness (QED) is 0.614. The van der Waals surface area contributed by atoms with Crippen LogP contribution < -0.4 is 16.0 Å². The molecule has 3 atom stereocenters. The fraction of sp³-hybridized carbons (Fsp3) is 0.583. The van der Waals surface area contributed by atoms with Crippen LogP contribution in [-0.2, 0) is 4.74 Å². The summed E-state index contributed by atoms with van der Waals surface area (Å²) >= 11 is 0. The first kappa shape index (κ1) is 22.5. The van der Waals surface area contributed by atoms with Gasteiger partial charge in [-0.15, -0.1) is 0 Å². The van der Waals surface area contributed by atoms with E-state index in [0.717, 1.165) is 61.0 Å². The molecule has 0 bridgehead atoms. The van der Waals surface area contributed by atoms with E-state index in [-0.39, 0.29) is 29.9 Å². The van der Waals surface area contributed by atoms with Crippen molar-refractivity contribution in [1.29, 1.82) is 0 Å². The summed E-state index contributed by atoms with van der Waals surface area (Å²) in [5.74, 6) is 1.71. The van der Waals surface area contributed by atoms with E-state index in [0.29, 0.717) is 12.4 Å². The number of anilines is 1. The molecule has 0 radical (unpaired) electrons. The van der Waals surface area contributed by atoms with Gasteiger partial charge in [0.15, 0.2) is 0 Å². The number of fused-ring (bicyclic) bond motifs is 1. The highest BCUT2D eigenvalue weighted by Crippen LogP contribution is 2.28. The summed E-state index contributed by atoms with van der Waals surface area (Å²) in [6, 6.07) is 6.43. The smallest absolute Gasteiger partial charge is 0.289 e. The topological polar surface area (TPSA) is 101 Å². The van der Waals surface area contributed by atoms with Crippen molar-refractivity contribution in [2.24, 2.45) is 4.99 Å². The van der Waals surface area contributed by atoms with Crippen LogP contribution in [0.4, 0.5) is 5.82 Å². The molecule has 8 nitrogen and oxygen atoms in total. The lowest BCUT2D eigenvalue weighted by atomic mass is 9.90. The Hall–Kier alpha value is -2.74. The van der Waals surface area contributed by atoms with Crippen molar-refractivity contribution < 1.29 is 9.53 Å². The zero-order valence-corrected chi connectivity index (χ0v) is 19.3. The highest BCUT2D eigenvalue weighted by atomic mass is 16.5. The summed E-state index contributed by atoms with van der Waals surface area (Å²) in [5.41, 5.74) is 1.89. The largest absolute Gasteiger partial charge is 0.380 e. The van der Waals surface area contributed by atoms with Crippen molar-refractivity contribution in [3.05, 3.63) is 29.6 Å². The number of carbonyl (C=O) groups excluding carboxylic acids is 1. The van der Waals surface area contributed by atoms with Crippen molar-refractivity contribution in [1.82, 2.24) is 20.6 Å². The van der Waals surface area contributed by atoms with Crippen LogP contribution in [0.25, 0.3) is 10.9 Å². The Morgan fingerprint density at radius 1 is 1.28 bits per heavy atom. The molecular formula is C24H34N6O2. The number of rotatable bonds is 7. The summed E-state index contributed by atoms with van der Waals surface area (Å²) in [6.45, 7) is 5.38. The molecule has 1 aromatic heterocycles. The first-order chi connectivity index (χ1) is 15.5. The minimum atomic E-state index is -0.296. The van der Waals surface area contributed by atoms with Gasteiger partial charge >= 0.3 is 0 Å². The normalized spacial score (nSPS) is 23.2. The molecule has 1 amide bonds. The van der Waals surface area contributed by atoms with Gasteiger partial charge in [0.25, 0.3) is 5.91 Å². The Morgan fingerprint density at radius 2 is 2.12 bits per heavy atom. The van der Waals surface area contributed by atoms with Crippen LogP contribution in [0.2, 0.25) is 0 Å². The predicted octanol–water partition coefficient (Wildman–Crippen LogP) is 3.21. The average Bonchev–Trinajstić information content (AvgIpc) is 3.31. The zero-order valence-electron chi connectivity index (χ0n) is 19.3. The van der Waals surface area contributed by atoms with E-state index in [1.807, 2.05) is 19.1 Å². The second kappa shape index (κ2) is 10.3. The lowest BCUT2D eigenvalue weighted by Crippen LogP contribution is -2.37. The van der Waals surface area contributed by atoms with Gasteiger partial charge in [-0.3, -0.25) is 9.79 Å². The van der Waals surface area contributed by atoms with E-state index in [1.54, 1.807) is 7.11 Å². The fourth-order valence-corrected chi connectivity index (χ4v) is 4.35. The van der Waals surface area contributed by atoms with Crippen molar-refractivity contribution in [2.75, 3.05) is 25.5 Å². The van der Waals surface area contributed by atoms with Gasteiger partial charge in [0, 0.05) is 38.0 Å². The third-order valence-corrected chi connectivity index (χ3v) is 6.30. The van der Waals surface area contributed by atoms with Gasteiger partial charge in [-0.1, -0.05) is 24.5 Å². The van der Waals surface area contributed by atoms with Gasteiger partial charge < -0.3 is 20.7 Å². The van der Waals surface area contributed by atoms with E-state index in [2.05, 4.69) is 38.9 Å². The van der Waals surface area contributed by atoms with Gasteiger partial charge in [0.2, 0.25) is 5.82 Å². The molecule has 1 aliphatic carbocycles. The molecule has 172 valence electrons. The van der Waals surface area contributed by atoms with Crippen LogP contribution in [0, 0.1) is 6.92 Å². The number of ether oxygens (including phenoxy) is 1. The molecule has 2 aliphatic rings. The molecule has 2 aromatic rings. The van der Waals surface area contributed by atoms with Gasteiger partial charge in [-0.2, -0.15) is 0 Å². The van der Waals surface area contributed by atoms with Crippen molar-refractivity contribution in [2.45, 2.75) is 70.6 Å². The summed E-state index contributed by atoms with van der Waals surface area (Å²) in [5, 5.41) is 10.9. The fourth-order valence-electron chi connectivity index (χ4n) is 4.35. The average molecular weight is 439 g/mol. The molecule has 2 fully saturated rings. The van der Waals surface area contributed by atoms with Crippen LogP contribution >= 0.6 is 0 Å². The lowest BCUT2D eigenvalue weighted by molar-refractivity contribution is 0.0862. The van der Waals surface area contributed by atoms with Crippen LogP contribution in [0.5, 0.6) is 0 Å². The summed E-state index contributed by atoms with van der Waals surface area (Å²) in [6.07, 6.45) is 6.55. The van der Waals surface area contributed by atoms with E-state index in [1.165, 1.54) is 6.42 Å². The van der Waals surface area contributed by atoms with Crippen LogP contribution in [0.1, 0.15) is 61.6 Å². The van der Waals surface area contributed by atoms with Crippen molar-refractivity contribution in [3.63, 3.8) is 0 Å². The minimum absolute atomic E-state index is 0.0778. The molecular weight excluding hydrogens is 404 g/mol.